The lowest BCUT2D eigenvalue weighted by molar-refractivity contribution is -0.181. The van der Waals surface area contributed by atoms with E-state index in [1.807, 2.05) is 4.90 Å². The number of ether oxygens (including phenoxy) is 2. The molecule has 4 rings (SSSR count). The quantitative estimate of drug-likeness (QED) is 0.914. The Hall–Kier alpha value is -2.64. The first-order valence-electron chi connectivity index (χ1n) is 8.67. The second kappa shape index (κ2) is 6.93. The number of anilines is 1. The van der Waals surface area contributed by atoms with Gasteiger partial charge in [0.05, 0.1) is 19.5 Å². The summed E-state index contributed by atoms with van der Waals surface area (Å²) in [5, 5.41) is 2.73. The van der Waals surface area contributed by atoms with Crippen LogP contribution in [0.15, 0.2) is 47.1 Å². The molecule has 1 spiro atoms. The highest BCUT2D eigenvalue weighted by Crippen LogP contribution is 2.31. The smallest absolute Gasteiger partial charge is 0.291 e. The van der Waals surface area contributed by atoms with Crippen molar-refractivity contribution in [3.8, 4) is 0 Å². The predicted molar refractivity (Wildman–Crippen MR) is 92.9 cm³/mol. The second-order valence-corrected chi connectivity index (χ2v) is 6.41. The van der Waals surface area contributed by atoms with E-state index < -0.39 is 5.79 Å². The zero-order valence-electron chi connectivity index (χ0n) is 14.3. The van der Waals surface area contributed by atoms with E-state index in [1.165, 1.54) is 6.26 Å². The number of carbonyl (C=O) groups is 2. The van der Waals surface area contributed by atoms with Crippen molar-refractivity contribution in [1.82, 2.24) is 4.90 Å². The van der Waals surface area contributed by atoms with Crippen LogP contribution in [-0.2, 0) is 9.47 Å². The highest BCUT2D eigenvalue weighted by atomic mass is 16.7. The van der Waals surface area contributed by atoms with Crippen molar-refractivity contribution >= 4 is 17.5 Å². The Morgan fingerprint density at radius 2 is 1.69 bits per heavy atom. The molecule has 0 atom stereocenters. The number of carbonyl (C=O) groups excluding carboxylic acids is 2. The topological polar surface area (TPSA) is 81.0 Å². The summed E-state index contributed by atoms with van der Waals surface area (Å²) in [5.74, 6) is -0.603. The molecule has 2 fully saturated rings. The second-order valence-electron chi connectivity index (χ2n) is 6.41. The number of benzene rings is 1. The van der Waals surface area contributed by atoms with Crippen LogP contribution >= 0.6 is 0 Å². The maximum atomic E-state index is 12.7. The molecule has 7 nitrogen and oxygen atoms in total. The van der Waals surface area contributed by atoms with E-state index in [-0.39, 0.29) is 17.6 Å². The van der Waals surface area contributed by atoms with Crippen LogP contribution in [0.5, 0.6) is 0 Å². The number of nitrogens with one attached hydrogen (secondary N) is 1. The van der Waals surface area contributed by atoms with E-state index >= 15 is 0 Å². The molecular weight excluding hydrogens is 336 g/mol. The summed E-state index contributed by atoms with van der Waals surface area (Å²) in [6.45, 7) is 2.46. The van der Waals surface area contributed by atoms with Crippen molar-refractivity contribution in [2.75, 3.05) is 31.6 Å². The Balaban J connectivity index is 1.36. The summed E-state index contributed by atoms with van der Waals surface area (Å²) >= 11 is 0. The molecule has 7 heteroatoms. The summed E-state index contributed by atoms with van der Waals surface area (Å²) in [4.78, 5) is 26.4. The molecule has 0 aliphatic carbocycles. The van der Waals surface area contributed by atoms with E-state index in [0.29, 0.717) is 50.4 Å². The lowest BCUT2D eigenvalue weighted by Gasteiger charge is -2.37. The normalized spacial score (nSPS) is 18.8. The van der Waals surface area contributed by atoms with E-state index in [9.17, 15) is 9.59 Å². The number of hydrogen-bond donors (Lipinski definition) is 1. The lowest BCUT2D eigenvalue weighted by Crippen LogP contribution is -2.47. The minimum Gasteiger partial charge on any atom is -0.459 e. The molecule has 0 bridgehead atoms. The van der Waals surface area contributed by atoms with Gasteiger partial charge in [-0.15, -0.1) is 0 Å². The SMILES string of the molecule is O=C(Nc1ccc(C(=O)N2CCC3(CC2)OCCO3)cc1)c1ccco1. The highest BCUT2D eigenvalue weighted by Gasteiger charge is 2.40. The maximum absolute atomic E-state index is 12.7. The molecule has 3 heterocycles. The zero-order valence-corrected chi connectivity index (χ0v) is 14.3. The van der Waals surface area contributed by atoms with E-state index in [1.54, 1.807) is 36.4 Å². The van der Waals surface area contributed by atoms with Crippen molar-refractivity contribution in [2.24, 2.45) is 0 Å². The van der Waals surface area contributed by atoms with Gasteiger partial charge in [0.2, 0.25) is 0 Å². The third kappa shape index (κ3) is 3.36. The number of amides is 2. The molecule has 1 aromatic carbocycles. The van der Waals surface area contributed by atoms with Gasteiger partial charge >= 0.3 is 0 Å². The molecule has 1 aromatic heterocycles. The van der Waals surface area contributed by atoms with Gasteiger partial charge in [-0.3, -0.25) is 9.59 Å². The number of hydrogen-bond acceptors (Lipinski definition) is 5. The average molecular weight is 356 g/mol. The van der Waals surface area contributed by atoms with Crippen molar-refractivity contribution in [3.63, 3.8) is 0 Å². The first kappa shape index (κ1) is 16.8. The van der Waals surface area contributed by atoms with Crippen LogP contribution < -0.4 is 5.32 Å². The third-order valence-corrected chi connectivity index (χ3v) is 4.76. The van der Waals surface area contributed by atoms with Crippen LogP contribution in [0.2, 0.25) is 0 Å². The Morgan fingerprint density at radius 3 is 2.31 bits per heavy atom. The molecular formula is C19H20N2O5. The largest absolute Gasteiger partial charge is 0.459 e. The molecule has 2 saturated heterocycles. The van der Waals surface area contributed by atoms with Crippen molar-refractivity contribution in [2.45, 2.75) is 18.6 Å². The Morgan fingerprint density at radius 1 is 1.00 bits per heavy atom. The van der Waals surface area contributed by atoms with Crippen molar-refractivity contribution in [3.05, 3.63) is 54.0 Å². The van der Waals surface area contributed by atoms with Crippen LogP contribution in [0, 0.1) is 0 Å². The van der Waals surface area contributed by atoms with Gasteiger partial charge in [0.15, 0.2) is 11.5 Å². The maximum Gasteiger partial charge on any atom is 0.291 e. The van der Waals surface area contributed by atoms with Gasteiger partial charge in [0.1, 0.15) is 0 Å². The summed E-state index contributed by atoms with van der Waals surface area (Å²) in [7, 11) is 0. The molecule has 26 heavy (non-hydrogen) atoms. The molecule has 0 unspecified atom stereocenters. The van der Waals surface area contributed by atoms with Crippen molar-refractivity contribution in [1.29, 1.82) is 0 Å². The van der Waals surface area contributed by atoms with Crippen LogP contribution in [0.1, 0.15) is 33.8 Å². The number of piperidine rings is 1. The summed E-state index contributed by atoms with van der Waals surface area (Å²) < 4.78 is 16.4. The molecule has 1 N–H and O–H groups in total. The molecule has 2 aromatic rings. The van der Waals surface area contributed by atoms with Crippen LogP contribution in [0.4, 0.5) is 5.69 Å². The van der Waals surface area contributed by atoms with E-state index in [0.717, 1.165) is 0 Å². The average Bonchev–Trinajstić information content (AvgIpc) is 3.35. The minimum absolute atomic E-state index is 0.0261. The van der Waals surface area contributed by atoms with Gasteiger partial charge < -0.3 is 24.1 Å². The van der Waals surface area contributed by atoms with Crippen LogP contribution in [0.25, 0.3) is 0 Å². The van der Waals surface area contributed by atoms with E-state index in [2.05, 4.69) is 5.32 Å². The highest BCUT2D eigenvalue weighted by molar-refractivity contribution is 6.02. The van der Waals surface area contributed by atoms with Gasteiger partial charge in [0.25, 0.3) is 11.8 Å². The Kier molecular flexibility index (Phi) is 4.48. The van der Waals surface area contributed by atoms with Gasteiger partial charge in [-0.05, 0) is 36.4 Å². The predicted octanol–water partition coefficient (Wildman–Crippen LogP) is 2.51. The van der Waals surface area contributed by atoms with E-state index in [4.69, 9.17) is 13.9 Å². The third-order valence-electron chi connectivity index (χ3n) is 4.76. The van der Waals surface area contributed by atoms with Gasteiger partial charge in [-0.1, -0.05) is 0 Å². The fraction of sp³-hybridized carbons (Fsp3) is 0.368. The molecule has 2 aliphatic rings. The first-order chi connectivity index (χ1) is 12.7. The number of rotatable bonds is 3. The number of furan rings is 1. The summed E-state index contributed by atoms with van der Waals surface area (Å²) in [6, 6.07) is 10.1. The first-order valence-corrected chi connectivity index (χ1v) is 8.67. The molecule has 2 aliphatic heterocycles. The van der Waals surface area contributed by atoms with Gasteiger partial charge in [-0.25, -0.2) is 0 Å². The number of nitrogens with zero attached hydrogens (tertiary/aromatic N) is 1. The standard InChI is InChI=1S/C19H20N2O5/c22-17(16-2-1-11-24-16)20-15-5-3-14(4-6-15)18(23)21-9-7-19(8-10-21)25-12-13-26-19/h1-6,11H,7-10,12-13H2,(H,20,22). The molecule has 0 saturated carbocycles. The minimum atomic E-state index is -0.489. The Labute approximate surface area is 150 Å². The Bertz CT molecular complexity index is 769. The fourth-order valence-corrected chi connectivity index (χ4v) is 3.32. The number of likely N-dealkylation sites (tertiary alicyclic amines) is 1. The zero-order chi connectivity index (χ0) is 18.0. The fourth-order valence-electron chi connectivity index (χ4n) is 3.32. The van der Waals surface area contributed by atoms with Crippen molar-refractivity contribution < 1.29 is 23.5 Å². The van der Waals surface area contributed by atoms with Gasteiger partial charge in [0, 0.05) is 37.2 Å². The van der Waals surface area contributed by atoms with Crippen LogP contribution in [0.3, 0.4) is 0 Å². The van der Waals surface area contributed by atoms with Crippen LogP contribution in [-0.4, -0.2) is 48.8 Å². The van der Waals surface area contributed by atoms with Gasteiger partial charge in [-0.2, -0.15) is 0 Å². The lowest BCUT2D eigenvalue weighted by atomic mass is 10.0. The monoisotopic (exact) mass is 356 g/mol. The molecule has 0 radical (unpaired) electrons. The summed E-state index contributed by atoms with van der Waals surface area (Å²) in [6.07, 6.45) is 2.83. The summed E-state index contributed by atoms with van der Waals surface area (Å²) in [5.41, 5.74) is 1.19. The molecule has 2 amide bonds. The molecule has 136 valence electrons.